The smallest absolute Gasteiger partial charge is 0.331 e. The van der Waals surface area contributed by atoms with E-state index < -0.39 is 5.97 Å². The molecule has 0 saturated carbocycles. The molecule has 0 bridgehead atoms. The highest BCUT2D eigenvalue weighted by Gasteiger charge is 2.09. The van der Waals surface area contributed by atoms with Gasteiger partial charge >= 0.3 is 5.97 Å². The molecule has 0 aliphatic rings. The summed E-state index contributed by atoms with van der Waals surface area (Å²) >= 11 is 0. The molecule has 0 aromatic heterocycles. The first-order chi connectivity index (χ1) is 13.9. The lowest BCUT2D eigenvalue weighted by atomic mass is 10.1. The molecule has 0 fully saturated rings. The van der Waals surface area contributed by atoms with E-state index in [2.05, 4.69) is 5.32 Å². The maximum Gasteiger partial charge on any atom is 0.331 e. The number of hydrogen-bond acceptors (Lipinski definition) is 5. The fourth-order valence-corrected chi connectivity index (χ4v) is 2.59. The van der Waals surface area contributed by atoms with Gasteiger partial charge in [0.25, 0.3) is 5.91 Å². The number of aryl methyl sites for hydroxylation is 1. The topological polar surface area (TPSA) is 73.9 Å². The number of carbonyl (C=O) groups excluding carboxylic acids is 2. The van der Waals surface area contributed by atoms with E-state index in [0.29, 0.717) is 30.4 Å². The highest BCUT2D eigenvalue weighted by atomic mass is 16.5. The zero-order chi connectivity index (χ0) is 21.2. The lowest BCUT2D eigenvalue weighted by molar-refractivity contribution is -0.142. The van der Waals surface area contributed by atoms with Gasteiger partial charge in [-0.05, 0) is 68.7 Å². The highest BCUT2D eigenvalue weighted by molar-refractivity contribution is 5.95. The summed E-state index contributed by atoms with van der Waals surface area (Å²) in [5.41, 5.74) is 3.52. The van der Waals surface area contributed by atoms with Crippen LogP contribution in [-0.4, -0.2) is 31.7 Å². The summed E-state index contributed by atoms with van der Waals surface area (Å²) in [7, 11) is 0. The zero-order valence-corrected chi connectivity index (χ0v) is 17.3. The van der Waals surface area contributed by atoms with Crippen molar-refractivity contribution in [2.75, 3.05) is 25.1 Å². The van der Waals surface area contributed by atoms with E-state index in [0.717, 1.165) is 16.7 Å². The lowest BCUT2D eigenvalue weighted by Gasteiger charge is -2.11. The Labute approximate surface area is 171 Å². The van der Waals surface area contributed by atoms with Gasteiger partial charge in [0.15, 0.2) is 18.1 Å². The van der Waals surface area contributed by atoms with Crippen molar-refractivity contribution in [3.63, 3.8) is 0 Å². The fourth-order valence-electron chi connectivity index (χ4n) is 2.59. The van der Waals surface area contributed by atoms with Crippen LogP contribution in [0.2, 0.25) is 0 Å². The molecule has 154 valence electrons. The summed E-state index contributed by atoms with van der Waals surface area (Å²) in [5.74, 6) is 0.267. The molecular formula is C23H27NO5. The number of esters is 1. The van der Waals surface area contributed by atoms with E-state index in [-0.39, 0.29) is 12.5 Å². The van der Waals surface area contributed by atoms with Gasteiger partial charge < -0.3 is 19.5 Å². The third kappa shape index (κ3) is 6.68. The van der Waals surface area contributed by atoms with Gasteiger partial charge in [0.1, 0.15) is 0 Å². The zero-order valence-electron chi connectivity index (χ0n) is 17.3. The molecule has 0 saturated heterocycles. The minimum absolute atomic E-state index is 0.357. The number of rotatable bonds is 9. The maximum absolute atomic E-state index is 12.0. The lowest BCUT2D eigenvalue weighted by Crippen LogP contribution is -2.20. The van der Waals surface area contributed by atoms with Gasteiger partial charge in [-0.3, -0.25) is 4.79 Å². The average molecular weight is 397 g/mol. The molecule has 0 atom stereocenters. The third-order valence-corrected chi connectivity index (χ3v) is 4.20. The van der Waals surface area contributed by atoms with Crippen molar-refractivity contribution in [3.8, 4) is 11.5 Å². The summed E-state index contributed by atoms with van der Waals surface area (Å²) in [6.07, 6.45) is 2.87. The van der Waals surface area contributed by atoms with Gasteiger partial charge in [-0.2, -0.15) is 0 Å². The Morgan fingerprint density at radius 2 is 1.72 bits per heavy atom. The van der Waals surface area contributed by atoms with E-state index in [1.165, 1.54) is 6.08 Å². The number of benzene rings is 2. The molecule has 0 radical (unpaired) electrons. The number of amides is 1. The van der Waals surface area contributed by atoms with Crippen molar-refractivity contribution in [2.45, 2.75) is 27.7 Å². The Balaban J connectivity index is 1.91. The van der Waals surface area contributed by atoms with Crippen LogP contribution < -0.4 is 14.8 Å². The molecule has 0 spiro atoms. The summed E-state index contributed by atoms with van der Waals surface area (Å²) < 4.78 is 16.1. The predicted molar refractivity (Wildman–Crippen MR) is 113 cm³/mol. The fraction of sp³-hybridized carbons (Fsp3) is 0.304. The van der Waals surface area contributed by atoms with Crippen LogP contribution in [0.15, 0.2) is 42.5 Å². The largest absolute Gasteiger partial charge is 0.490 e. The summed E-state index contributed by atoms with van der Waals surface area (Å²) in [6.45, 7) is 8.36. The molecule has 6 heteroatoms. The van der Waals surface area contributed by atoms with Crippen molar-refractivity contribution in [2.24, 2.45) is 0 Å². The molecule has 2 aromatic carbocycles. The first kappa shape index (κ1) is 22.0. The number of carbonyl (C=O) groups is 2. The molecule has 6 nitrogen and oxygen atoms in total. The molecule has 0 aliphatic carbocycles. The molecule has 2 rings (SSSR count). The Kier molecular flexibility index (Phi) is 8.27. The molecule has 0 heterocycles. The monoisotopic (exact) mass is 397 g/mol. The normalized spacial score (nSPS) is 10.6. The Hall–Kier alpha value is -3.28. The van der Waals surface area contributed by atoms with Crippen LogP contribution in [0.1, 0.15) is 30.5 Å². The highest BCUT2D eigenvalue weighted by Crippen LogP contribution is 2.29. The summed E-state index contributed by atoms with van der Waals surface area (Å²) in [6, 6.07) is 11.0. The van der Waals surface area contributed by atoms with Crippen LogP contribution in [0.5, 0.6) is 11.5 Å². The maximum atomic E-state index is 12.0. The van der Waals surface area contributed by atoms with Gasteiger partial charge in [0.05, 0.1) is 13.2 Å². The third-order valence-electron chi connectivity index (χ3n) is 4.20. The van der Waals surface area contributed by atoms with Crippen LogP contribution in [0.4, 0.5) is 5.69 Å². The van der Waals surface area contributed by atoms with E-state index in [1.807, 2.05) is 52.0 Å². The minimum Gasteiger partial charge on any atom is -0.490 e. The predicted octanol–water partition coefficient (Wildman–Crippen LogP) is 4.30. The minimum atomic E-state index is -0.604. The summed E-state index contributed by atoms with van der Waals surface area (Å²) in [5, 5.41) is 2.75. The van der Waals surface area contributed by atoms with E-state index in [4.69, 9.17) is 14.2 Å². The molecule has 1 N–H and O–H groups in total. The first-order valence-corrected chi connectivity index (χ1v) is 9.55. The summed E-state index contributed by atoms with van der Waals surface area (Å²) in [4.78, 5) is 24.0. The van der Waals surface area contributed by atoms with Crippen LogP contribution in [0.3, 0.4) is 0 Å². The van der Waals surface area contributed by atoms with Gasteiger partial charge in [-0.15, -0.1) is 0 Å². The van der Waals surface area contributed by atoms with Crippen molar-refractivity contribution < 1.29 is 23.8 Å². The van der Waals surface area contributed by atoms with Gasteiger partial charge in [0.2, 0.25) is 0 Å². The van der Waals surface area contributed by atoms with E-state index in [1.54, 1.807) is 18.2 Å². The number of nitrogens with one attached hydrogen (secondary N) is 1. The Morgan fingerprint density at radius 1 is 1.00 bits per heavy atom. The Bertz CT molecular complexity index is 889. The second-order valence-corrected chi connectivity index (χ2v) is 6.31. The van der Waals surface area contributed by atoms with Crippen LogP contribution in [0, 0.1) is 13.8 Å². The van der Waals surface area contributed by atoms with Gasteiger partial charge in [-0.25, -0.2) is 4.79 Å². The van der Waals surface area contributed by atoms with Crippen LogP contribution in [-0.2, 0) is 14.3 Å². The van der Waals surface area contributed by atoms with Crippen molar-refractivity contribution in [1.29, 1.82) is 0 Å². The van der Waals surface area contributed by atoms with Gasteiger partial charge in [-0.1, -0.05) is 18.2 Å². The SMILES string of the molecule is CCOc1ccc(/C=C/C(=O)OCC(=O)Nc2cccc(C)c2C)cc1OCC. The quantitative estimate of drug-likeness (QED) is 0.505. The number of anilines is 1. The molecular weight excluding hydrogens is 370 g/mol. The average Bonchev–Trinajstić information content (AvgIpc) is 2.70. The van der Waals surface area contributed by atoms with Crippen molar-refractivity contribution in [3.05, 3.63) is 59.2 Å². The molecule has 0 unspecified atom stereocenters. The van der Waals surface area contributed by atoms with Crippen LogP contribution >= 0.6 is 0 Å². The van der Waals surface area contributed by atoms with E-state index >= 15 is 0 Å². The second-order valence-electron chi connectivity index (χ2n) is 6.31. The van der Waals surface area contributed by atoms with Gasteiger partial charge in [0, 0.05) is 11.8 Å². The Morgan fingerprint density at radius 3 is 2.45 bits per heavy atom. The first-order valence-electron chi connectivity index (χ1n) is 9.55. The molecule has 29 heavy (non-hydrogen) atoms. The van der Waals surface area contributed by atoms with Crippen molar-refractivity contribution in [1.82, 2.24) is 0 Å². The van der Waals surface area contributed by atoms with Crippen molar-refractivity contribution >= 4 is 23.6 Å². The number of ether oxygens (including phenoxy) is 3. The molecule has 0 aliphatic heterocycles. The van der Waals surface area contributed by atoms with Crippen LogP contribution in [0.25, 0.3) is 6.08 Å². The standard InChI is InChI=1S/C23H27NO5/c1-5-27-20-12-10-18(14-21(20)28-6-2)11-13-23(26)29-15-22(25)24-19-9-7-8-16(3)17(19)4/h7-14H,5-6,15H2,1-4H3,(H,24,25)/b13-11+. The molecule has 2 aromatic rings. The number of hydrogen-bond donors (Lipinski definition) is 1. The second kappa shape index (κ2) is 10.9. The van der Waals surface area contributed by atoms with E-state index in [9.17, 15) is 9.59 Å². The molecule has 1 amide bonds.